The van der Waals surface area contributed by atoms with Crippen molar-refractivity contribution in [1.29, 1.82) is 0 Å². The van der Waals surface area contributed by atoms with Crippen molar-refractivity contribution in [1.82, 2.24) is 20.0 Å². The van der Waals surface area contributed by atoms with Crippen LogP contribution in [-0.4, -0.2) is 31.1 Å². The fourth-order valence-corrected chi connectivity index (χ4v) is 2.63. The zero-order chi connectivity index (χ0) is 13.4. The standard InChI is InChI=1S/C12H12N4O2S/c1-7-11(12(17)18)14-10(19-7)5-4-9-6-13-15-16(9)8-2-3-8/h4-6,8H,2-3H2,1H3,(H,17,18)/b5-4+. The molecule has 2 aromatic heterocycles. The van der Waals surface area contributed by atoms with Crippen LogP contribution in [0.25, 0.3) is 12.2 Å². The molecular formula is C12H12N4O2S. The third-order valence-electron chi connectivity index (χ3n) is 2.91. The predicted molar refractivity (Wildman–Crippen MR) is 71.0 cm³/mol. The summed E-state index contributed by atoms with van der Waals surface area (Å²) in [5, 5.41) is 17.6. The number of carboxylic acids is 1. The van der Waals surface area contributed by atoms with Gasteiger partial charge >= 0.3 is 5.97 Å². The van der Waals surface area contributed by atoms with Gasteiger partial charge in [-0.1, -0.05) is 5.21 Å². The molecule has 6 nitrogen and oxygen atoms in total. The molecule has 1 fully saturated rings. The Morgan fingerprint density at radius 3 is 2.95 bits per heavy atom. The number of carboxylic acid groups (broad SMARTS) is 1. The molecule has 1 saturated carbocycles. The summed E-state index contributed by atoms with van der Waals surface area (Å²) < 4.78 is 1.90. The van der Waals surface area contributed by atoms with Gasteiger partial charge in [0.05, 0.1) is 17.9 Å². The molecule has 0 aromatic carbocycles. The van der Waals surface area contributed by atoms with Crippen molar-refractivity contribution >= 4 is 29.5 Å². The predicted octanol–water partition coefficient (Wildman–Crippen LogP) is 2.25. The van der Waals surface area contributed by atoms with Crippen LogP contribution in [0.15, 0.2) is 6.20 Å². The van der Waals surface area contributed by atoms with Gasteiger partial charge in [-0.05, 0) is 31.9 Å². The first-order valence-corrected chi connectivity index (χ1v) is 6.76. The first-order chi connectivity index (χ1) is 9.15. The fraction of sp³-hybridized carbons (Fsp3) is 0.333. The molecule has 0 atom stereocenters. The summed E-state index contributed by atoms with van der Waals surface area (Å²) in [6, 6.07) is 0.467. The molecule has 98 valence electrons. The minimum absolute atomic E-state index is 0.124. The molecule has 3 rings (SSSR count). The van der Waals surface area contributed by atoms with Crippen molar-refractivity contribution in [2.45, 2.75) is 25.8 Å². The lowest BCUT2D eigenvalue weighted by molar-refractivity contribution is 0.0690. The van der Waals surface area contributed by atoms with Crippen molar-refractivity contribution in [2.24, 2.45) is 0 Å². The number of carbonyl (C=O) groups is 1. The van der Waals surface area contributed by atoms with Gasteiger partial charge in [-0.15, -0.1) is 16.4 Å². The van der Waals surface area contributed by atoms with E-state index in [9.17, 15) is 4.79 Å². The first kappa shape index (κ1) is 12.0. The Kier molecular flexibility index (Phi) is 2.90. The zero-order valence-electron chi connectivity index (χ0n) is 10.3. The Labute approximate surface area is 113 Å². The van der Waals surface area contributed by atoms with Gasteiger partial charge in [-0.3, -0.25) is 0 Å². The summed E-state index contributed by atoms with van der Waals surface area (Å²) in [6.45, 7) is 1.76. The van der Waals surface area contributed by atoms with Crippen LogP contribution in [0, 0.1) is 6.92 Å². The Morgan fingerprint density at radius 2 is 2.32 bits per heavy atom. The topological polar surface area (TPSA) is 80.9 Å². The summed E-state index contributed by atoms with van der Waals surface area (Å²) >= 11 is 1.37. The van der Waals surface area contributed by atoms with Crippen LogP contribution in [0.5, 0.6) is 0 Å². The summed E-state index contributed by atoms with van der Waals surface area (Å²) in [4.78, 5) is 15.7. The molecule has 7 heteroatoms. The Morgan fingerprint density at radius 1 is 1.53 bits per heavy atom. The average molecular weight is 276 g/mol. The average Bonchev–Trinajstić information content (AvgIpc) is 2.98. The number of nitrogens with zero attached hydrogens (tertiary/aromatic N) is 4. The van der Waals surface area contributed by atoms with Gasteiger partial charge in [0.15, 0.2) is 5.69 Å². The van der Waals surface area contributed by atoms with Gasteiger partial charge in [0.25, 0.3) is 0 Å². The number of hydrogen-bond donors (Lipinski definition) is 1. The summed E-state index contributed by atoms with van der Waals surface area (Å²) in [7, 11) is 0. The molecule has 0 bridgehead atoms. The lowest BCUT2D eigenvalue weighted by Crippen LogP contribution is -1.99. The molecule has 0 radical (unpaired) electrons. The van der Waals surface area contributed by atoms with E-state index >= 15 is 0 Å². The van der Waals surface area contributed by atoms with Crippen LogP contribution in [0.2, 0.25) is 0 Å². The van der Waals surface area contributed by atoms with Gasteiger partial charge in [0.1, 0.15) is 5.01 Å². The maximum absolute atomic E-state index is 10.9. The smallest absolute Gasteiger partial charge is 0.355 e. The van der Waals surface area contributed by atoms with Crippen molar-refractivity contribution in [2.75, 3.05) is 0 Å². The quantitative estimate of drug-likeness (QED) is 0.926. The molecule has 1 aliphatic carbocycles. The highest BCUT2D eigenvalue weighted by atomic mass is 32.1. The summed E-state index contributed by atoms with van der Waals surface area (Å²) in [5.41, 5.74) is 1.05. The molecule has 0 unspecified atom stereocenters. The van der Waals surface area contributed by atoms with Crippen LogP contribution >= 0.6 is 11.3 Å². The van der Waals surface area contributed by atoms with E-state index in [-0.39, 0.29) is 5.69 Å². The second-order valence-corrected chi connectivity index (χ2v) is 5.66. The minimum Gasteiger partial charge on any atom is -0.476 e. The molecule has 19 heavy (non-hydrogen) atoms. The third kappa shape index (κ3) is 2.41. The number of rotatable bonds is 4. The minimum atomic E-state index is -0.988. The van der Waals surface area contributed by atoms with Gasteiger partial charge in [0, 0.05) is 4.88 Å². The number of hydrogen-bond acceptors (Lipinski definition) is 5. The summed E-state index contributed by atoms with van der Waals surface area (Å²) in [5.74, 6) is -0.988. The maximum Gasteiger partial charge on any atom is 0.355 e. The number of thiazole rings is 1. The van der Waals surface area contributed by atoms with Crippen LogP contribution in [0.3, 0.4) is 0 Å². The molecule has 0 spiro atoms. The summed E-state index contributed by atoms with van der Waals surface area (Å²) in [6.07, 6.45) is 7.67. The molecule has 0 saturated heterocycles. The molecular weight excluding hydrogens is 264 g/mol. The maximum atomic E-state index is 10.9. The Balaban J connectivity index is 1.84. The number of aromatic carboxylic acids is 1. The van der Waals surface area contributed by atoms with Crippen molar-refractivity contribution in [3.63, 3.8) is 0 Å². The Bertz CT molecular complexity index is 654. The van der Waals surface area contributed by atoms with E-state index < -0.39 is 5.97 Å². The van der Waals surface area contributed by atoms with E-state index in [1.807, 2.05) is 16.8 Å². The normalized spacial score (nSPS) is 15.2. The molecule has 1 N–H and O–H groups in total. The van der Waals surface area contributed by atoms with Crippen molar-refractivity contribution in [3.05, 3.63) is 27.5 Å². The van der Waals surface area contributed by atoms with Crippen LogP contribution in [0.4, 0.5) is 0 Å². The van der Waals surface area contributed by atoms with E-state index in [1.54, 1.807) is 13.1 Å². The van der Waals surface area contributed by atoms with Gasteiger partial charge in [-0.2, -0.15) is 0 Å². The van der Waals surface area contributed by atoms with E-state index in [2.05, 4.69) is 15.3 Å². The third-order valence-corrected chi connectivity index (χ3v) is 3.84. The highest BCUT2D eigenvalue weighted by molar-refractivity contribution is 7.12. The molecule has 2 aromatic rings. The van der Waals surface area contributed by atoms with E-state index in [0.29, 0.717) is 15.9 Å². The van der Waals surface area contributed by atoms with Gasteiger partial charge < -0.3 is 5.11 Å². The second kappa shape index (κ2) is 4.58. The van der Waals surface area contributed by atoms with E-state index in [1.165, 1.54) is 11.3 Å². The monoisotopic (exact) mass is 276 g/mol. The van der Waals surface area contributed by atoms with Crippen molar-refractivity contribution < 1.29 is 9.90 Å². The lowest BCUT2D eigenvalue weighted by atomic mass is 10.4. The largest absolute Gasteiger partial charge is 0.476 e. The van der Waals surface area contributed by atoms with Gasteiger partial charge in [0.2, 0.25) is 0 Å². The first-order valence-electron chi connectivity index (χ1n) is 5.94. The molecule has 2 heterocycles. The van der Waals surface area contributed by atoms with Crippen LogP contribution in [-0.2, 0) is 0 Å². The lowest BCUT2D eigenvalue weighted by Gasteiger charge is -1.97. The van der Waals surface area contributed by atoms with Crippen LogP contribution < -0.4 is 0 Å². The van der Waals surface area contributed by atoms with Gasteiger partial charge in [-0.25, -0.2) is 14.5 Å². The Hall–Kier alpha value is -2.02. The number of aromatic nitrogens is 4. The number of aryl methyl sites for hydroxylation is 1. The molecule has 0 aliphatic heterocycles. The van der Waals surface area contributed by atoms with E-state index in [0.717, 1.165) is 18.5 Å². The van der Waals surface area contributed by atoms with E-state index in [4.69, 9.17) is 5.11 Å². The highest BCUT2D eigenvalue weighted by Crippen LogP contribution is 2.35. The molecule has 0 amide bonds. The van der Waals surface area contributed by atoms with Crippen molar-refractivity contribution in [3.8, 4) is 0 Å². The molecule has 1 aliphatic rings. The highest BCUT2D eigenvalue weighted by Gasteiger charge is 2.26. The van der Waals surface area contributed by atoms with Crippen LogP contribution in [0.1, 0.15) is 45.0 Å². The zero-order valence-corrected chi connectivity index (χ0v) is 11.1. The second-order valence-electron chi connectivity index (χ2n) is 4.43. The SMILES string of the molecule is Cc1sc(/C=C/c2cnnn2C2CC2)nc1C(=O)O. The fourth-order valence-electron chi connectivity index (χ4n) is 1.82.